The van der Waals surface area contributed by atoms with Crippen LogP contribution >= 0.6 is 22.7 Å². The van der Waals surface area contributed by atoms with Crippen LogP contribution in [0.15, 0.2) is 6.20 Å². The SMILES string of the molecule is Cc1ncc(CC(=O)N[C@H]2CC[C@H](CCN3CCc4nc(OC5CCC5)sc4CC3)CC2)s1. The van der Waals surface area contributed by atoms with E-state index < -0.39 is 0 Å². The molecular formula is C25H36N4O2S2. The third-order valence-corrected chi connectivity index (χ3v) is 9.43. The van der Waals surface area contributed by atoms with Crippen molar-refractivity contribution in [3.8, 4) is 5.19 Å². The maximum absolute atomic E-state index is 12.3. The lowest BCUT2D eigenvalue weighted by Crippen LogP contribution is -2.38. The van der Waals surface area contributed by atoms with Gasteiger partial charge in [0.1, 0.15) is 6.10 Å². The summed E-state index contributed by atoms with van der Waals surface area (Å²) in [6, 6.07) is 0.347. The van der Waals surface area contributed by atoms with Crippen molar-refractivity contribution in [3.63, 3.8) is 0 Å². The number of hydrogen-bond donors (Lipinski definition) is 1. The molecule has 3 aliphatic rings. The first kappa shape index (κ1) is 23.2. The van der Waals surface area contributed by atoms with Gasteiger partial charge in [0, 0.05) is 41.5 Å². The molecule has 0 radical (unpaired) electrons. The minimum Gasteiger partial charge on any atom is -0.467 e. The van der Waals surface area contributed by atoms with Crippen molar-refractivity contribution in [1.82, 2.24) is 20.2 Å². The Balaban J connectivity index is 0.991. The summed E-state index contributed by atoms with van der Waals surface area (Å²) in [5, 5.41) is 5.19. The number of fused-ring (bicyclic) bond motifs is 1. The predicted molar refractivity (Wildman–Crippen MR) is 133 cm³/mol. The van der Waals surface area contributed by atoms with Crippen molar-refractivity contribution in [2.75, 3.05) is 19.6 Å². The number of amides is 1. The standard InChI is InChI=1S/C25H36N4O2S2/c1-17-26-16-21(32-17)15-24(30)27-19-7-5-18(6-8-19)9-12-29-13-10-22-23(11-14-29)33-25(28-22)31-20-3-2-4-20/h16,18-20H,2-15H2,1H3,(H,27,30)/t18-,19-. The van der Waals surface area contributed by atoms with Crippen molar-refractivity contribution in [3.05, 3.63) is 26.7 Å². The lowest BCUT2D eigenvalue weighted by Gasteiger charge is -2.30. The second-order valence-electron chi connectivity index (χ2n) is 9.96. The first-order valence-corrected chi connectivity index (χ1v) is 14.3. The van der Waals surface area contributed by atoms with E-state index in [4.69, 9.17) is 9.72 Å². The van der Waals surface area contributed by atoms with Gasteiger partial charge in [0.25, 0.3) is 5.19 Å². The van der Waals surface area contributed by atoms with Crippen LogP contribution in [-0.4, -0.2) is 52.6 Å². The lowest BCUT2D eigenvalue weighted by atomic mass is 9.84. The van der Waals surface area contributed by atoms with Crippen molar-refractivity contribution in [1.29, 1.82) is 0 Å². The van der Waals surface area contributed by atoms with Crippen LogP contribution in [0.5, 0.6) is 5.19 Å². The van der Waals surface area contributed by atoms with E-state index in [0.717, 1.165) is 59.8 Å². The van der Waals surface area contributed by atoms with Gasteiger partial charge in [0.2, 0.25) is 5.91 Å². The summed E-state index contributed by atoms with van der Waals surface area (Å²) in [6.07, 6.45) is 14.5. The number of nitrogens with one attached hydrogen (secondary N) is 1. The molecule has 0 bridgehead atoms. The summed E-state index contributed by atoms with van der Waals surface area (Å²) in [5.74, 6) is 0.939. The van der Waals surface area contributed by atoms with E-state index in [0.29, 0.717) is 18.6 Å². The highest BCUT2D eigenvalue weighted by Gasteiger charge is 2.25. The van der Waals surface area contributed by atoms with Gasteiger partial charge in [0.05, 0.1) is 17.1 Å². The number of ether oxygens (including phenoxy) is 1. The average Bonchev–Trinajstić information content (AvgIpc) is 3.31. The van der Waals surface area contributed by atoms with Gasteiger partial charge in [-0.15, -0.1) is 11.3 Å². The summed E-state index contributed by atoms with van der Waals surface area (Å²) < 4.78 is 6.03. The summed E-state index contributed by atoms with van der Waals surface area (Å²) in [7, 11) is 0. The molecule has 1 aliphatic heterocycles. The molecule has 33 heavy (non-hydrogen) atoms. The van der Waals surface area contributed by atoms with Crippen LogP contribution in [0.2, 0.25) is 0 Å². The molecule has 2 aliphatic carbocycles. The van der Waals surface area contributed by atoms with Crippen LogP contribution in [0, 0.1) is 12.8 Å². The van der Waals surface area contributed by atoms with E-state index >= 15 is 0 Å². The molecule has 1 N–H and O–H groups in total. The zero-order valence-electron chi connectivity index (χ0n) is 19.7. The Labute approximate surface area is 205 Å². The minimum atomic E-state index is 0.147. The molecule has 0 atom stereocenters. The summed E-state index contributed by atoms with van der Waals surface area (Å²) in [6.45, 7) is 5.42. The van der Waals surface area contributed by atoms with Crippen LogP contribution in [0.3, 0.4) is 0 Å². The zero-order valence-corrected chi connectivity index (χ0v) is 21.3. The van der Waals surface area contributed by atoms with Gasteiger partial charge in [-0.1, -0.05) is 11.3 Å². The van der Waals surface area contributed by atoms with Crippen LogP contribution in [0.1, 0.15) is 71.8 Å². The molecule has 6 nitrogen and oxygen atoms in total. The summed E-state index contributed by atoms with van der Waals surface area (Å²) >= 11 is 3.40. The largest absolute Gasteiger partial charge is 0.467 e. The highest BCUT2D eigenvalue weighted by atomic mass is 32.1. The number of aryl methyl sites for hydroxylation is 1. The second kappa shape index (κ2) is 10.8. The molecule has 0 saturated heterocycles. The number of carbonyl (C=O) groups excluding carboxylic acids is 1. The second-order valence-corrected chi connectivity index (χ2v) is 12.3. The molecule has 2 saturated carbocycles. The third kappa shape index (κ3) is 6.34. The number of nitrogens with zero attached hydrogens (tertiary/aromatic N) is 3. The Morgan fingerprint density at radius 2 is 1.97 bits per heavy atom. The van der Waals surface area contributed by atoms with Gasteiger partial charge in [0.15, 0.2) is 0 Å². The Kier molecular flexibility index (Phi) is 7.62. The molecule has 0 spiro atoms. The molecule has 180 valence electrons. The van der Waals surface area contributed by atoms with E-state index in [1.807, 2.05) is 13.1 Å². The molecule has 0 aromatic carbocycles. The zero-order chi connectivity index (χ0) is 22.6. The molecule has 5 rings (SSSR count). The number of aromatic nitrogens is 2. The average molecular weight is 489 g/mol. The smallest absolute Gasteiger partial charge is 0.273 e. The first-order valence-electron chi connectivity index (χ1n) is 12.7. The van der Waals surface area contributed by atoms with Crippen molar-refractivity contribution in [2.45, 2.75) is 89.7 Å². The quantitative estimate of drug-likeness (QED) is 0.591. The predicted octanol–water partition coefficient (Wildman–Crippen LogP) is 4.55. The maximum atomic E-state index is 12.3. The number of rotatable bonds is 8. The number of carbonyl (C=O) groups is 1. The Morgan fingerprint density at radius 3 is 2.70 bits per heavy atom. The first-order chi connectivity index (χ1) is 16.1. The van der Waals surface area contributed by atoms with Crippen molar-refractivity contribution in [2.24, 2.45) is 5.92 Å². The van der Waals surface area contributed by atoms with E-state index in [1.165, 1.54) is 55.6 Å². The molecule has 2 aromatic rings. The van der Waals surface area contributed by atoms with Crippen LogP contribution in [0.25, 0.3) is 0 Å². The van der Waals surface area contributed by atoms with Crippen molar-refractivity contribution >= 4 is 28.6 Å². The highest BCUT2D eigenvalue weighted by Crippen LogP contribution is 2.33. The minimum absolute atomic E-state index is 0.147. The molecule has 3 heterocycles. The molecule has 0 unspecified atom stereocenters. The number of thiazole rings is 2. The van der Waals surface area contributed by atoms with E-state index in [1.54, 1.807) is 22.7 Å². The van der Waals surface area contributed by atoms with Crippen LogP contribution in [0.4, 0.5) is 0 Å². The number of hydrogen-bond acceptors (Lipinski definition) is 7. The van der Waals surface area contributed by atoms with Gasteiger partial charge in [-0.3, -0.25) is 4.79 Å². The molecule has 2 aromatic heterocycles. The lowest BCUT2D eigenvalue weighted by molar-refractivity contribution is -0.121. The van der Waals surface area contributed by atoms with Gasteiger partial charge < -0.3 is 15.0 Å². The van der Waals surface area contributed by atoms with E-state index in [-0.39, 0.29) is 5.91 Å². The van der Waals surface area contributed by atoms with Gasteiger partial charge in [-0.2, -0.15) is 0 Å². The normalized spacial score (nSPS) is 24.0. The van der Waals surface area contributed by atoms with Crippen LogP contribution in [-0.2, 0) is 24.1 Å². The summed E-state index contributed by atoms with van der Waals surface area (Å²) in [5.41, 5.74) is 1.28. The highest BCUT2D eigenvalue weighted by molar-refractivity contribution is 7.13. The van der Waals surface area contributed by atoms with E-state index in [9.17, 15) is 4.79 Å². The Morgan fingerprint density at radius 1 is 1.15 bits per heavy atom. The monoisotopic (exact) mass is 488 g/mol. The molecular weight excluding hydrogens is 452 g/mol. The third-order valence-electron chi connectivity index (χ3n) is 7.47. The van der Waals surface area contributed by atoms with Gasteiger partial charge >= 0.3 is 0 Å². The van der Waals surface area contributed by atoms with E-state index in [2.05, 4.69) is 15.2 Å². The molecule has 1 amide bonds. The maximum Gasteiger partial charge on any atom is 0.273 e. The summed E-state index contributed by atoms with van der Waals surface area (Å²) in [4.78, 5) is 26.5. The Hall–Kier alpha value is -1.51. The van der Waals surface area contributed by atoms with Crippen LogP contribution < -0.4 is 10.1 Å². The fourth-order valence-electron chi connectivity index (χ4n) is 5.18. The fraction of sp³-hybridized carbons (Fsp3) is 0.720. The molecule has 2 fully saturated rings. The van der Waals surface area contributed by atoms with Gasteiger partial charge in [-0.25, -0.2) is 9.97 Å². The fourth-order valence-corrected chi connectivity index (χ4v) is 6.98. The van der Waals surface area contributed by atoms with Gasteiger partial charge in [-0.05, 0) is 77.2 Å². The molecule has 8 heteroatoms. The Bertz CT molecular complexity index is 905. The van der Waals surface area contributed by atoms with Crippen molar-refractivity contribution < 1.29 is 9.53 Å². The topological polar surface area (TPSA) is 67.4 Å².